The number of benzene rings is 1. The first-order chi connectivity index (χ1) is 8.26. The Morgan fingerprint density at radius 2 is 2.06 bits per heavy atom. The Kier molecular flexibility index (Phi) is 4.35. The van der Waals surface area contributed by atoms with Crippen molar-refractivity contribution in [3.63, 3.8) is 0 Å². The van der Waals surface area contributed by atoms with Crippen molar-refractivity contribution in [3.8, 4) is 5.75 Å². The number of carbonyl (C=O) groups excluding carboxylic acids is 1. The zero-order chi connectivity index (χ0) is 13.9. The Balaban J connectivity index is 2.87. The molecule has 100 valence electrons. The Morgan fingerprint density at radius 3 is 2.56 bits per heavy atom. The molecule has 0 aliphatic rings. The summed E-state index contributed by atoms with van der Waals surface area (Å²) in [5.41, 5.74) is 6.78. The molecule has 0 spiro atoms. The normalized spacial score (nSPS) is 11.4. The van der Waals surface area contributed by atoms with Crippen LogP contribution >= 0.6 is 0 Å². The molecule has 18 heavy (non-hydrogen) atoms. The predicted octanol–water partition coefficient (Wildman–Crippen LogP) is 1.76. The quantitative estimate of drug-likeness (QED) is 0.855. The lowest BCUT2D eigenvalue weighted by Gasteiger charge is -2.29. The number of nitrogens with two attached hydrogens (primary N) is 1. The third-order valence-corrected chi connectivity index (χ3v) is 2.95. The van der Waals surface area contributed by atoms with Crippen molar-refractivity contribution in [1.82, 2.24) is 4.90 Å². The third-order valence-electron chi connectivity index (χ3n) is 2.95. The highest BCUT2D eigenvalue weighted by Crippen LogP contribution is 2.22. The number of phenols is 1. The Hall–Kier alpha value is -1.55. The summed E-state index contributed by atoms with van der Waals surface area (Å²) in [6, 6.07) is 5.06. The van der Waals surface area contributed by atoms with Crippen LogP contribution in [0.4, 0.5) is 0 Å². The molecule has 3 N–H and O–H groups in total. The molecule has 0 fully saturated rings. The van der Waals surface area contributed by atoms with Crippen molar-refractivity contribution in [2.75, 3.05) is 20.1 Å². The molecule has 1 rings (SSSR count). The molecule has 0 atom stereocenters. The van der Waals surface area contributed by atoms with Gasteiger partial charge in [-0.05, 0) is 36.6 Å². The monoisotopic (exact) mass is 250 g/mol. The number of hydrogen-bond acceptors (Lipinski definition) is 3. The maximum Gasteiger partial charge on any atom is 0.257 e. The molecule has 0 unspecified atom stereocenters. The van der Waals surface area contributed by atoms with E-state index >= 15 is 0 Å². The van der Waals surface area contributed by atoms with Gasteiger partial charge in [-0.2, -0.15) is 0 Å². The molecule has 0 aromatic heterocycles. The highest BCUT2D eigenvalue weighted by atomic mass is 16.3. The van der Waals surface area contributed by atoms with Crippen LogP contribution in [0.25, 0.3) is 0 Å². The van der Waals surface area contributed by atoms with Gasteiger partial charge in [-0.15, -0.1) is 0 Å². The summed E-state index contributed by atoms with van der Waals surface area (Å²) in [5.74, 6) is -0.161. The first-order valence-electron chi connectivity index (χ1n) is 6.02. The molecule has 0 aliphatic carbocycles. The number of nitrogens with zero attached hydrogens (tertiary/aromatic N) is 1. The molecule has 0 heterocycles. The summed E-state index contributed by atoms with van der Waals surface area (Å²) in [6.45, 7) is 6.94. The average Bonchev–Trinajstić information content (AvgIpc) is 2.27. The topological polar surface area (TPSA) is 66.6 Å². The SMILES string of the molecule is Cc1ccc(C(=O)N(C)CC(C)(C)CN)c(O)c1. The summed E-state index contributed by atoms with van der Waals surface area (Å²) in [7, 11) is 1.72. The predicted molar refractivity (Wildman–Crippen MR) is 72.6 cm³/mol. The highest BCUT2D eigenvalue weighted by Gasteiger charge is 2.23. The van der Waals surface area contributed by atoms with Gasteiger partial charge in [0.1, 0.15) is 5.75 Å². The summed E-state index contributed by atoms with van der Waals surface area (Å²) < 4.78 is 0. The molecule has 4 nitrogen and oxygen atoms in total. The number of rotatable bonds is 4. The zero-order valence-corrected chi connectivity index (χ0v) is 11.5. The summed E-state index contributed by atoms with van der Waals surface area (Å²) >= 11 is 0. The Bertz CT molecular complexity index is 441. The second-order valence-electron chi connectivity index (χ2n) is 5.55. The fourth-order valence-electron chi connectivity index (χ4n) is 1.81. The highest BCUT2D eigenvalue weighted by molar-refractivity contribution is 5.96. The number of phenolic OH excluding ortho intramolecular Hbond substituents is 1. The lowest BCUT2D eigenvalue weighted by Crippen LogP contribution is -2.39. The minimum absolute atomic E-state index is 0.0254. The molecule has 1 aromatic rings. The van der Waals surface area contributed by atoms with E-state index in [1.165, 1.54) is 0 Å². The van der Waals surface area contributed by atoms with Gasteiger partial charge in [-0.1, -0.05) is 19.9 Å². The minimum Gasteiger partial charge on any atom is -0.507 e. The average molecular weight is 250 g/mol. The van der Waals surface area contributed by atoms with Crippen LogP contribution in [-0.2, 0) is 0 Å². The minimum atomic E-state index is -0.186. The van der Waals surface area contributed by atoms with Crippen molar-refractivity contribution in [2.24, 2.45) is 11.1 Å². The first kappa shape index (κ1) is 14.5. The van der Waals surface area contributed by atoms with E-state index < -0.39 is 0 Å². The maximum atomic E-state index is 12.2. The molecule has 1 aromatic carbocycles. The van der Waals surface area contributed by atoms with Crippen LogP contribution in [0, 0.1) is 12.3 Å². The van der Waals surface area contributed by atoms with Gasteiger partial charge in [0.25, 0.3) is 5.91 Å². The van der Waals surface area contributed by atoms with Gasteiger partial charge in [0.15, 0.2) is 0 Å². The van der Waals surface area contributed by atoms with Crippen LogP contribution < -0.4 is 5.73 Å². The van der Waals surface area contributed by atoms with E-state index in [4.69, 9.17) is 5.73 Å². The number of aromatic hydroxyl groups is 1. The fourth-order valence-corrected chi connectivity index (χ4v) is 1.81. The molecular formula is C14H22N2O2. The summed E-state index contributed by atoms with van der Waals surface area (Å²) in [6.07, 6.45) is 0. The standard InChI is InChI=1S/C14H22N2O2/c1-10-5-6-11(12(17)7-10)13(18)16(4)9-14(2,3)8-15/h5-7,17H,8-9,15H2,1-4H3. The zero-order valence-electron chi connectivity index (χ0n) is 11.5. The van der Waals surface area contributed by atoms with Crippen molar-refractivity contribution in [1.29, 1.82) is 0 Å². The second kappa shape index (κ2) is 5.40. The van der Waals surface area contributed by atoms with E-state index in [9.17, 15) is 9.90 Å². The van der Waals surface area contributed by atoms with Gasteiger partial charge in [0.2, 0.25) is 0 Å². The van der Waals surface area contributed by atoms with Crippen LogP contribution in [0.1, 0.15) is 29.8 Å². The van der Waals surface area contributed by atoms with E-state index in [2.05, 4.69) is 0 Å². The molecule has 1 amide bonds. The molecule has 0 saturated carbocycles. The van der Waals surface area contributed by atoms with Crippen molar-refractivity contribution >= 4 is 5.91 Å². The van der Waals surface area contributed by atoms with E-state index in [0.29, 0.717) is 18.7 Å². The van der Waals surface area contributed by atoms with Gasteiger partial charge in [-0.3, -0.25) is 4.79 Å². The first-order valence-corrected chi connectivity index (χ1v) is 6.02. The van der Waals surface area contributed by atoms with E-state index in [1.807, 2.05) is 26.8 Å². The number of carbonyl (C=O) groups is 1. The van der Waals surface area contributed by atoms with Crippen LogP contribution in [0.2, 0.25) is 0 Å². The van der Waals surface area contributed by atoms with E-state index in [0.717, 1.165) is 5.56 Å². The largest absolute Gasteiger partial charge is 0.507 e. The lowest BCUT2D eigenvalue weighted by molar-refractivity contribution is 0.0737. The smallest absolute Gasteiger partial charge is 0.257 e. The van der Waals surface area contributed by atoms with Crippen molar-refractivity contribution in [2.45, 2.75) is 20.8 Å². The Labute approximate surface area is 108 Å². The number of hydrogen-bond donors (Lipinski definition) is 2. The fraction of sp³-hybridized carbons (Fsp3) is 0.500. The molecule has 4 heteroatoms. The molecular weight excluding hydrogens is 228 g/mol. The maximum absolute atomic E-state index is 12.2. The third kappa shape index (κ3) is 3.47. The van der Waals surface area contributed by atoms with Crippen molar-refractivity contribution < 1.29 is 9.90 Å². The van der Waals surface area contributed by atoms with Gasteiger partial charge < -0.3 is 15.7 Å². The van der Waals surface area contributed by atoms with Crippen molar-refractivity contribution in [3.05, 3.63) is 29.3 Å². The Morgan fingerprint density at radius 1 is 1.44 bits per heavy atom. The van der Waals surface area contributed by atoms with E-state index in [1.54, 1.807) is 24.1 Å². The molecule has 0 bridgehead atoms. The molecule has 0 aliphatic heterocycles. The molecule has 0 radical (unpaired) electrons. The van der Waals surface area contributed by atoms with Crippen LogP contribution in [0.15, 0.2) is 18.2 Å². The summed E-state index contributed by atoms with van der Waals surface area (Å²) in [4.78, 5) is 13.8. The van der Waals surface area contributed by atoms with Gasteiger partial charge in [-0.25, -0.2) is 0 Å². The number of amides is 1. The van der Waals surface area contributed by atoms with E-state index in [-0.39, 0.29) is 17.1 Å². The van der Waals surface area contributed by atoms with Gasteiger partial charge in [0.05, 0.1) is 5.56 Å². The number of aryl methyl sites for hydroxylation is 1. The second-order valence-corrected chi connectivity index (χ2v) is 5.55. The molecule has 0 saturated heterocycles. The summed E-state index contributed by atoms with van der Waals surface area (Å²) in [5, 5.41) is 9.79. The van der Waals surface area contributed by atoms with Crippen LogP contribution in [0.5, 0.6) is 5.75 Å². The van der Waals surface area contributed by atoms with Crippen LogP contribution in [0.3, 0.4) is 0 Å². The lowest BCUT2D eigenvalue weighted by atomic mass is 9.93. The van der Waals surface area contributed by atoms with Gasteiger partial charge >= 0.3 is 0 Å². The van der Waals surface area contributed by atoms with Crippen LogP contribution in [-0.4, -0.2) is 36.1 Å². The van der Waals surface area contributed by atoms with Gasteiger partial charge in [0, 0.05) is 13.6 Å².